The third kappa shape index (κ3) is 38.6. The quantitative estimate of drug-likeness (QED) is 0.0322. The number of aliphatic carboxylic acids is 9. The fraction of sp³-hybridized carbons (Fsp3) is 0.612. The Hall–Kier alpha value is -9.66. The summed E-state index contributed by atoms with van der Waals surface area (Å²) in [5, 5.41) is 108. The maximum absolute atomic E-state index is 14.3. The van der Waals surface area contributed by atoms with Gasteiger partial charge in [0.1, 0.15) is 17.9 Å². The van der Waals surface area contributed by atoms with Crippen LogP contribution < -0.4 is 21.3 Å². The summed E-state index contributed by atoms with van der Waals surface area (Å²) in [6.45, 7) is -0.971. The van der Waals surface area contributed by atoms with E-state index in [9.17, 15) is 123 Å². The fourth-order valence-corrected chi connectivity index (χ4v) is 11.3. The summed E-state index contributed by atoms with van der Waals surface area (Å²) in [6.07, 6.45) is 6.20. The van der Waals surface area contributed by atoms with E-state index in [1.165, 1.54) is 9.80 Å². The molecule has 4 amide bonds. The minimum absolute atomic E-state index is 0.0115. The van der Waals surface area contributed by atoms with Crippen LogP contribution in [-0.4, -0.2) is 336 Å². The molecule has 580 valence electrons. The topological polar surface area (TPSA) is 542 Å². The van der Waals surface area contributed by atoms with Crippen molar-refractivity contribution in [2.75, 3.05) is 137 Å². The van der Waals surface area contributed by atoms with Crippen molar-refractivity contribution in [2.24, 2.45) is 28.7 Å². The molecule has 1 aliphatic rings. The molecule has 37 heteroatoms. The van der Waals surface area contributed by atoms with Gasteiger partial charge in [-0.2, -0.15) is 0 Å². The van der Waals surface area contributed by atoms with Crippen LogP contribution in [0.5, 0.6) is 0 Å². The average Bonchev–Trinajstić information content (AvgIpc) is 0.886. The molecule has 37 nitrogen and oxygen atoms in total. The molecular weight excluding hydrogens is 1370 g/mol. The second-order valence-electron chi connectivity index (χ2n) is 26.0. The molecular formula is C67H102N12O25. The van der Waals surface area contributed by atoms with Crippen LogP contribution in [0.15, 0.2) is 53.4 Å². The van der Waals surface area contributed by atoms with Crippen molar-refractivity contribution < 1.29 is 123 Å². The third-order valence-electron chi connectivity index (χ3n) is 16.6. The molecule has 1 aromatic carbocycles. The molecule has 1 aliphatic heterocycles. The smallest absolute Gasteiger partial charge is 0.317 e. The van der Waals surface area contributed by atoms with Gasteiger partial charge in [-0.1, -0.05) is 78.0 Å². The van der Waals surface area contributed by atoms with Gasteiger partial charge < -0.3 is 72.3 Å². The highest BCUT2D eigenvalue weighted by atomic mass is 16.4. The van der Waals surface area contributed by atoms with Crippen molar-refractivity contribution in [3.05, 3.63) is 59.5 Å². The predicted octanol–water partition coefficient (Wildman–Crippen LogP) is -1.74. The van der Waals surface area contributed by atoms with E-state index >= 15 is 0 Å². The van der Waals surface area contributed by atoms with E-state index < -0.39 is 206 Å². The second kappa shape index (κ2) is 47.6. The molecule has 0 spiro atoms. The van der Waals surface area contributed by atoms with Crippen LogP contribution in [0, 0.1) is 23.7 Å². The summed E-state index contributed by atoms with van der Waals surface area (Å²) < 4.78 is 0. The summed E-state index contributed by atoms with van der Waals surface area (Å²) in [5.74, 6) is -18.7. The first-order valence-electron chi connectivity index (χ1n) is 33.7. The number of carboxylic acid groups (broad SMARTS) is 9. The van der Waals surface area contributed by atoms with Crippen LogP contribution >= 0.6 is 0 Å². The van der Waals surface area contributed by atoms with Crippen molar-refractivity contribution >= 4 is 95.1 Å². The number of hydrogen-bond donors (Lipinski definition) is 14. The number of aliphatic imine (C=N–C) groups is 1. The number of hydrogen-bond acceptors (Lipinski definition) is 24. The van der Waals surface area contributed by atoms with Crippen LogP contribution in [0.4, 0.5) is 0 Å². The predicted molar refractivity (Wildman–Crippen MR) is 370 cm³/mol. The number of amides is 4. The Morgan fingerprint density at radius 1 is 0.490 bits per heavy atom. The van der Waals surface area contributed by atoms with Crippen molar-refractivity contribution in [3.8, 4) is 0 Å². The number of benzene rings is 1. The Kier molecular flexibility index (Phi) is 41.4. The third-order valence-corrected chi connectivity index (χ3v) is 16.6. The number of aryl methyl sites for hydroxylation is 1. The minimum Gasteiger partial charge on any atom is -0.512 e. The van der Waals surface area contributed by atoms with Gasteiger partial charge in [0, 0.05) is 115 Å². The number of ketones is 2. The number of aliphatic hydroxyl groups is 1. The summed E-state index contributed by atoms with van der Waals surface area (Å²) in [5.41, 5.74) is 2.14. The molecule has 0 aromatic heterocycles. The molecule has 0 saturated carbocycles. The zero-order valence-electron chi connectivity index (χ0n) is 59.4. The normalized spacial score (nSPS) is 13.8. The highest BCUT2D eigenvalue weighted by Gasteiger charge is 2.36. The number of Topliss-reactive ketones (excluding diaryl/α,β-unsaturated/α-hetero) is 2. The summed E-state index contributed by atoms with van der Waals surface area (Å²) in [6, 6.07) is 2.47. The van der Waals surface area contributed by atoms with E-state index in [4.69, 9.17) is 0 Å². The summed E-state index contributed by atoms with van der Waals surface area (Å²) in [4.78, 5) is 203. The SMILES string of the molecule is C=C(O)CN(CCN(CC(=O)O)C[C@H](C(=O)NCCN(CCNC(=O)[C@@H](CN(CCN(CC(=O)O)CC(=O)O)CC(=O)O)N(CC(=O)O)CC(=O)O)CC(=O)NCc1ccc(CCC(=O)[C@H](CC(C)C)NC(=O)[C@@H](CC(=O)[C@@H](C)CC2=CCC=N2)C(C)CC)cc1)N(CC(=O)O)CC(=O)O)CC(=O)O. The first kappa shape index (κ1) is 90.4. The molecule has 1 aromatic rings. The van der Waals surface area contributed by atoms with Gasteiger partial charge in [-0.15, -0.1) is 0 Å². The number of nitrogens with one attached hydrogen (secondary N) is 4. The molecule has 0 bridgehead atoms. The van der Waals surface area contributed by atoms with Crippen LogP contribution in [0.3, 0.4) is 0 Å². The Morgan fingerprint density at radius 2 is 0.904 bits per heavy atom. The zero-order chi connectivity index (χ0) is 78.3. The van der Waals surface area contributed by atoms with Crippen LogP contribution in [0.2, 0.25) is 0 Å². The monoisotopic (exact) mass is 1470 g/mol. The zero-order valence-corrected chi connectivity index (χ0v) is 59.4. The number of rotatable bonds is 59. The lowest BCUT2D eigenvalue weighted by Gasteiger charge is -2.34. The average molecular weight is 1480 g/mol. The van der Waals surface area contributed by atoms with Gasteiger partial charge in [-0.25, -0.2) is 0 Å². The Morgan fingerprint density at radius 3 is 1.30 bits per heavy atom. The van der Waals surface area contributed by atoms with Crippen molar-refractivity contribution in [1.82, 2.24) is 55.6 Å². The maximum atomic E-state index is 14.3. The van der Waals surface area contributed by atoms with Gasteiger partial charge in [0.15, 0.2) is 5.78 Å². The van der Waals surface area contributed by atoms with Gasteiger partial charge in [-0.3, -0.25) is 111 Å². The van der Waals surface area contributed by atoms with Crippen LogP contribution in [0.25, 0.3) is 0 Å². The highest BCUT2D eigenvalue weighted by Crippen LogP contribution is 2.26. The van der Waals surface area contributed by atoms with Gasteiger partial charge in [-0.05, 0) is 42.2 Å². The van der Waals surface area contributed by atoms with Gasteiger partial charge in [0.05, 0.1) is 83.8 Å². The van der Waals surface area contributed by atoms with E-state index in [1.807, 2.05) is 40.7 Å². The molecule has 0 radical (unpaired) electrons. The Balaban J connectivity index is 2.54. The van der Waals surface area contributed by atoms with Crippen molar-refractivity contribution in [2.45, 2.75) is 104 Å². The van der Waals surface area contributed by atoms with Gasteiger partial charge >= 0.3 is 53.7 Å². The lowest BCUT2D eigenvalue weighted by molar-refractivity contribution is -0.147. The number of carboxylic acids is 9. The van der Waals surface area contributed by atoms with E-state index in [-0.39, 0.29) is 93.8 Å². The number of aliphatic hydroxyl groups excluding tert-OH is 1. The minimum atomic E-state index is -1.80. The van der Waals surface area contributed by atoms with Gasteiger partial charge in [0.25, 0.3) is 0 Å². The molecule has 104 heavy (non-hydrogen) atoms. The molecule has 2 rings (SSSR count). The lowest BCUT2D eigenvalue weighted by Crippen LogP contribution is -2.57. The molecule has 0 aliphatic carbocycles. The van der Waals surface area contributed by atoms with Crippen molar-refractivity contribution in [1.29, 1.82) is 0 Å². The first-order chi connectivity index (χ1) is 48.8. The largest absolute Gasteiger partial charge is 0.512 e. The Bertz CT molecular complexity index is 3000. The number of carbonyl (C=O) groups is 15. The molecule has 1 unspecified atom stereocenters. The lowest BCUT2D eigenvalue weighted by atomic mass is 9.83. The first-order valence-corrected chi connectivity index (χ1v) is 33.7. The fourth-order valence-electron chi connectivity index (χ4n) is 11.3. The van der Waals surface area contributed by atoms with E-state index in [0.717, 1.165) is 30.9 Å². The number of carbonyl (C=O) groups excluding carboxylic acids is 6. The Labute approximate surface area is 601 Å². The number of nitrogens with zero attached hydrogens (tertiary/aromatic N) is 8. The highest BCUT2D eigenvalue weighted by molar-refractivity contribution is 5.93. The second-order valence-corrected chi connectivity index (χ2v) is 26.0. The van der Waals surface area contributed by atoms with Crippen LogP contribution in [0.1, 0.15) is 84.3 Å². The van der Waals surface area contributed by atoms with Crippen molar-refractivity contribution in [3.63, 3.8) is 0 Å². The van der Waals surface area contributed by atoms with E-state index in [0.29, 0.717) is 36.1 Å². The summed E-state index contributed by atoms with van der Waals surface area (Å²) >= 11 is 0. The maximum Gasteiger partial charge on any atom is 0.317 e. The molecule has 0 saturated heterocycles. The molecule has 1 heterocycles. The molecule has 0 fully saturated rings. The molecule has 14 N–H and O–H groups in total. The van der Waals surface area contributed by atoms with E-state index in [1.54, 1.807) is 30.5 Å². The standard InChI is InChI=1S/C67H102N12O25/c1-7-43(4)49(27-54(82)44(5)26-48-9-8-16-68-48)65(102)72-50(25-42(2)3)53(81)15-14-46-10-12-47(13-11-46)28-71-55(83)32-73(19-17-69-66(103)51(78(38-61(94)95)39-62(96)97)30-75(34-57(86)87)22-21-74(29-45(6)80)33-56(84)85)20-18-70-67(104)52(79(40-63(98)99)41-64(100)101)31-76(35-58(88)89)23-24-77(36-59(90)91)37-60(92)93/h9-13,16,42-44,49-52,80H,6-8,14-15,17-41H2,1-5H3,(H,69,103)(H,70,104)(H,71,83)(H,72,102)(H,84,85)(H,86,87)(H,88,89)(H,90,91)(H,92,93)(H,94,95)(H,96,97)(H,98,99)(H,100,101)/t43?,44-,49-,50-,51+,52+/m0/s1. The van der Waals surface area contributed by atoms with Gasteiger partial charge in [0.2, 0.25) is 23.6 Å². The number of allylic oxidation sites excluding steroid dienone is 2. The van der Waals surface area contributed by atoms with Crippen LogP contribution in [-0.2, 0) is 84.9 Å². The molecule has 6 atom stereocenters. The summed E-state index contributed by atoms with van der Waals surface area (Å²) in [7, 11) is 0. The van der Waals surface area contributed by atoms with E-state index in [2.05, 4.69) is 32.8 Å².